The molecule has 1 heterocycles. The summed E-state index contributed by atoms with van der Waals surface area (Å²) in [6.45, 7) is 17.1. The highest BCUT2D eigenvalue weighted by molar-refractivity contribution is 5.61. The standard InChI is InChI=1S/C27H36FN/c1-6-25(28)17-26-21(4)18-27(19-24(26)16-20(2)3)12-14-29(15-13-27)22(5)23-10-8-7-9-11-23/h6-11,17,20,24H,4-5,12-16,18-19H2,1-3H3/b25-6+,26-17+. The molecule has 29 heavy (non-hydrogen) atoms. The Labute approximate surface area is 176 Å². The third-order valence-electron chi connectivity index (χ3n) is 6.75. The molecule has 2 heteroatoms. The molecule has 2 fully saturated rings. The lowest BCUT2D eigenvalue weighted by Crippen LogP contribution is -2.42. The van der Waals surface area contributed by atoms with Gasteiger partial charge in [-0.3, -0.25) is 0 Å². The molecule has 0 bridgehead atoms. The summed E-state index contributed by atoms with van der Waals surface area (Å²) in [6.07, 6.45) is 8.86. The van der Waals surface area contributed by atoms with Crippen LogP contribution in [0.1, 0.15) is 58.4 Å². The van der Waals surface area contributed by atoms with Gasteiger partial charge in [0.2, 0.25) is 0 Å². The Bertz CT molecular complexity index is 791. The lowest BCUT2D eigenvalue weighted by atomic mass is 9.60. The molecule has 0 aromatic heterocycles. The molecule has 1 saturated heterocycles. The van der Waals surface area contributed by atoms with Crippen molar-refractivity contribution < 1.29 is 4.39 Å². The van der Waals surface area contributed by atoms with Gasteiger partial charge in [0.25, 0.3) is 0 Å². The fourth-order valence-electron chi connectivity index (χ4n) is 5.22. The Morgan fingerprint density at radius 1 is 1.24 bits per heavy atom. The molecule has 1 spiro atoms. The van der Waals surface area contributed by atoms with Gasteiger partial charge >= 0.3 is 0 Å². The fourth-order valence-corrected chi connectivity index (χ4v) is 5.22. The van der Waals surface area contributed by atoms with E-state index in [0.29, 0.717) is 17.3 Å². The van der Waals surface area contributed by atoms with Crippen LogP contribution in [0.25, 0.3) is 5.70 Å². The largest absolute Gasteiger partial charge is 0.371 e. The van der Waals surface area contributed by atoms with E-state index in [9.17, 15) is 4.39 Å². The lowest BCUT2D eigenvalue weighted by Gasteiger charge is -2.49. The molecule has 1 atom stereocenters. The van der Waals surface area contributed by atoms with Gasteiger partial charge in [-0.25, -0.2) is 4.39 Å². The maximum absolute atomic E-state index is 14.1. The Kier molecular flexibility index (Phi) is 6.82. The first-order valence-corrected chi connectivity index (χ1v) is 11.0. The van der Waals surface area contributed by atoms with E-state index in [4.69, 9.17) is 0 Å². The van der Waals surface area contributed by atoms with Gasteiger partial charge in [-0.05, 0) is 73.5 Å². The molecule has 1 saturated carbocycles. The summed E-state index contributed by atoms with van der Waals surface area (Å²) in [4.78, 5) is 2.44. The third kappa shape index (κ3) is 5.10. The van der Waals surface area contributed by atoms with Crippen molar-refractivity contribution in [2.24, 2.45) is 17.3 Å². The Hall–Kier alpha value is -2.09. The van der Waals surface area contributed by atoms with E-state index in [1.165, 1.54) is 5.56 Å². The van der Waals surface area contributed by atoms with Crippen molar-refractivity contribution in [1.29, 1.82) is 0 Å². The summed E-state index contributed by atoms with van der Waals surface area (Å²) >= 11 is 0. The van der Waals surface area contributed by atoms with Gasteiger partial charge in [0.15, 0.2) is 0 Å². The lowest BCUT2D eigenvalue weighted by molar-refractivity contribution is 0.0979. The van der Waals surface area contributed by atoms with Crippen molar-refractivity contribution in [2.45, 2.75) is 52.9 Å². The number of likely N-dealkylation sites (tertiary alicyclic amines) is 1. The van der Waals surface area contributed by atoms with Crippen LogP contribution in [0, 0.1) is 17.3 Å². The topological polar surface area (TPSA) is 3.24 Å². The molecule has 1 aromatic rings. The molecule has 1 aromatic carbocycles. The number of benzene rings is 1. The first-order valence-electron chi connectivity index (χ1n) is 11.0. The second-order valence-corrected chi connectivity index (χ2v) is 9.38. The third-order valence-corrected chi connectivity index (χ3v) is 6.75. The normalized spacial score (nSPS) is 23.8. The number of piperidine rings is 1. The Morgan fingerprint density at radius 3 is 2.48 bits per heavy atom. The minimum absolute atomic E-state index is 0.139. The second kappa shape index (κ2) is 9.15. The molecule has 1 unspecified atom stereocenters. The van der Waals surface area contributed by atoms with Crippen LogP contribution in [0.15, 0.2) is 72.6 Å². The average molecular weight is 394 g/mol. The summed E-state index contributed by atoms with van der Waals surface area (Å²) < 4.78 is 14.1. The van der Waals surface area contributed by atoms with Gasteiger partial charge in [-0.2, -0.15) is 0 Å². The molecular formula is C27H36FN. The molecule has 3 rings (SSSR count). The van der Waals surface area contributed by atoms with Crippen molar-refractivity contribution >= 4 is 5.70 Å². The molecule has 0 N–H and O–H groups in total. The maximum atomic E-state index is 14.1. The van der Waals surface area contributed by atoms with Crippen LogP contribution in [-0.2, 0) is 0 Å². The van der Waals surface area contributed by atoms with Gasteiger partial charge in [0, 0.05) is 18.8 Å². The number of hydrogen-bond donors (Lipinski definition) is 0. The number of hydrogen-bond acceptors (Lipinski definition) is 1. The molecule has 1 aliphatic carbocycles. The van der Waals surface area contributed by atoms with Crippen LogP contribution >= 0.6 is 0 Å². The van der Waals surface area contributed by atoms with Crippen LogP contribution in [0.3, 0.4) is 0 Å². The van der Waals surface area contributed by atoms with Crippen LogP contribution < -0.4 is 0 Å². The van der Waals surface area contributed by atoms with Crippen molar-refractivity contribution in [3.8, 4) is 0 Å². The molecule has 0 radical (unpaired) electrons. The summed E-state index contributed by atoms with van der Waals surface area (Å²) in [6, 6.07) is 10.5. The highest BCUT2D eigenvalue weighted by Crippen LogP contribution is 2.52. The number of allylic oxidation sites excluding steroid dienone is 5. The summed E-state index contributed by atoms with van der Waals surface area (Å²) in [7, 11) is 0. The summed E-state index contributed by atoms with van der Waals surface area (Å²) in [5, 5.41) is 0. The number of rotatable bonds is 5. The zero-order valence-electron chi connectivity index (χ0n) is 18.4. The first kappa shape index (κ1) is 21.6. The molecule has 1 nitrogen and oxygen atoms in total. The monoisotopic (exact) mass is 393 g/mol. The van der Waals surface area contributed by atoms with E-state index in [1.54, 1.807) is 19.1 Å². The number of nitrogens with zero attached hydrogens (tertiary/aromatic N) is 1. The van der Waals surface area contributed by atoms with Crippen LogP contribution in [0.5, 0.6) is 0 Å². The van der Waals surface area contributed by atoms with E-state index in [2.05, 4.69) is 56.2 Å². The highest BCUT2D eigenvalue weighted by atomic mass is 19.1. The van der Waals surface area contributed by atoms with Crippen LogP contribution in [0.2, 0.25) is 0 Å². The van der Waals surface area contributed by atoms with E-state index in [1.807, 2.05) is 6.07 Å². The fraction of sp³-hybridized carbons (Fsp3) is 0.481. The van der Waals surface area contributed by atoms with E-state index in [-0.39, 0.29) is 5.83 Å². The number of halogens is 1. The highest BCUT2D eigenvalue weighted by Gasteiger charge is 2.42. The van der Waals surface area contributed by atoms with Crippen molar-refractivity contribution in [1.82, 2.24) is 4.90 Å². The van der Waals surface area contributed by atoms with E-state index < -0.39 is 0 Å². The van der Waals surface area contributed by atoms with Crippen molar-refractivity contribution in [3.05, 3.63) is 78.2 Å². The molecule has 0 amide bonds. The zero-order chi connectivity index (χ0) is 21.0. The van der Waals surface area contributed by atoms with E-state index >= 15 is 0 Å². The second-order valence-electron chi connectivity index (χ2n) is 9.38. The molecular weight excluding hydrogens is 357 g/mol. The molecule has 2 aliphatic rings. The SMILES string of the molecule is C=C1CC2(CCN(C(=C)c3ccccc3)CC2)CC(CC(C)C)/C1=C/C(F)=C\C. The Morgan fingerprint density at radius 2 is 1.90 bits per heavy atom. The van der Waals surface area contributed by atoms with Crippen LogP contribution in [-0.4, -0.2) is 18.0 Å². The molecule has 1 aliphatic heterocycles. The predicted octanol–water partition coefficient (Wildman–Crippen LogP) is 7.55. The zero-order valence-corrected chi connectivity index (χ0v) is 18.4. The minimum Gasteiger partial charge on any atom is -0.371 e. The average Bonchev–Trinajstić information content (AvgIpc) is 2.71. The minimum atomic E-state index is -0.139. The maximum Gasteiger partial charge on any atom is 0.119 e. The van der Waals surface area contributed by atoms with Gasteiger partial charge in [-0.15, -0.1) is 0 Å². The van der Waals surface area contributed by atoms with Crippen molar-refractivity contribution in [3.63, 3.8) is 0 Å². The smallest absolute Gasteiger partial charge is 0.119 e. The summed E-state index contributed by atoms with van der Waals surface area (Å²) in [5.41, 5.74) is 4.93. The van der Waals surface area contributed by atoms with Gasteiger partial charge in [0.05, 0.1) is 0 Å². The quantitative estimate of drug-likeness (QED) is 0.499. The Balaban J connectivity index is 1.74. The van der Waals surface area contributed by atoms with Crippen molar-refractivity contribution in [2.75, 3.05) is 13.1 Å². The van der Waals surface area contributed by atoms with E-state index in [0.717, 1.165) is 62.0 Å². The van der Waals surface area contributed by atoms with Gasteiger partial charge in [-0.1, -0.05) is 69.0 Å². The molecule has 156 valence electrons. The van der Waals surface area contributed by atoms with Gasteiger partial charge in [0.1, 0.15) is 5.83 Å². The van der Waals surface area contributed by atoms with Gasteiger partial charge < -0.3 is 4.90 Å². The predicted molar refractivity (Wildman–Crippen MR) is 123 cm³/mol. The first-order chi connectivity index (χ1) is 13.8. The van der Waals surface area contributed by atoms with Crippen LogP contribution in [0.4, 0.5) is 4.39 Å². The summed E-state index contributed by atoms with van der Waals surface area (Å²) in [5.74, 6) is 0.864.